The zero-order chi connectivity index (χ0) is 26.5. The number of benzene rings is 3. The normalized spacial score (nSPS) is 24.3. The summed E-state index contributed by atoms with van der Waals surface area (Å²) in [5.41, 5.74) is 3.65. The maximum atomic E-state index is 13.2. The van der Waals surface area contributed by atoms with Gasteiger partial charge in [-0.05, 0) is 55.1 Å². The van der Waals surface area contributed by atoms with Crippen molar-refractivity contribution in [3.8, 4) is 11.5 Å². The molecule has 6 rings (SSSR count). The number of ether oxygens (including phenoxy) is 2. The molecule has 2 bridgehead atoms. The summed E-state index contributed by atoms with van der Waals surface area (Å²) in [5.74, 6) is 2.20. The largest absolute Gasteiger partial charge is 0.497 e. The van der Waals surface area contributed by atoms with Crippen LogP contribution in [0.15, 0.2) is 78.9 Å². The lowest BCUT2D eigenvalue weighted by Gasteiger charge is -2.56. The van der Waals surface area contributed by atoms with E-state index in [1.165, 1.54) is 11.1 Å². The smallest absolute Gasteiger partial charge is 0.224 e. The van der Waals surface area contributed by atoms with E-state index in [0.29, 0.717) is 13.1 Å². The van der Waals surface area contributed by atoms with Gasteiger partial charge in [0, 0.05) is 43.2 Å². The number of rotatable bonds is 10. The molecular weight excluding hydrogens is 474 g/mol. The maximum absolute atomic E-state index is 13.2. The molecule has 6 heteroatoms. The summed E-state index contributed by atoms with van der Waals surface area (Å²) >= 11 is 0. The molecular formula is C32H39N3O3. The first-order valence-electron chi connectivity index (χ1n) is 13.7. The van der Waals surface area contributed by atoms with Gasteiger partial charge < -0.3 is 20.1 Å². The molecule has 5 atom stereocenters. The van der Waals surface area contributed by atoms with Crippen molar-refractivity contribution in [2.75, 3.05) is 33.9 Å². The van der Waals surface area contributed by atoms with Gasteiger partial charge in [-0.25, -0.2) is 0 Å². The molecule has 200 valence electrons. The van der Waals surface area contributed by atoms with Crippen molar-refractivity contribution in [3.05, 3.63) is 95.6 Å². The van der Waals surface area contributed by atoms with Gasteiger partial charge in [0.2, 0.25) is 5.91 Å². The summed E-state index contributed by atoms with van der Waals surface area (Å²) in [6.45, 7) is 5.07. The third-order valence-electron chi connectivity index (χ3n) is 8.31. The van der Waals surface area contributed by atoms with Crippen LogP contribution < -0.4 is 20.1 Å². The average molecular weight is 514 g/mol. The van der Waals surface area contributed by atoms with Gasteiger partial charge in [-0.2, -0.15) is 0 Å². The lowest BCUT2D eigenvalue weighted by atomic mass is 9.66. The Balaban J connectivity index is 1.54. The van der Waals surface area contributed by atoms with Crippen molar-refractivity contribution >= 4 is 5.91 Å². The predicted octanol–water partition coefficient (Wildman–Crippen LogP) is 4.45. The number of carbonyl (C=O) groups excluding carboxylic acids is 1. The van der Waals surface area contributed by atoms with Gasteiger partial charge in [0.15, 0.2) is 0 Å². The molecule has 1 unspecified atom stereocenters. The van der Waals surface area contributed by atoms with E-state index in [9.17, 15) is 4.79 Å². The number of methoxy groups -OCH3 is 2. The van der Waals surface area contributed by atoms with Crippen LogP contribution in [0.3, 0.4) is 0 Å². The van der Waals surface area contributed by atoms with Crippen LogP contribution in [0.25, 0.3) is 0 Å². The summed E-state index contributed by atoms with van der Waals surface area (Å²) in [6.07, 6.45) is 1.00. The van der Waals surface area contributed by atoms with E-state index in [1.807, 2.05) is 25.1 Å². The number of fused-ring (bicyclic) bond motifs is 3. The number of hydrogen-bond acceptors (Lipinski definition) is 5. The lowest BCUT2D eigenvalue weighted by Crippen LogP contribution is -2.69. The molecule has 3 aliphatic rings. The van der Waals surface area contributed by atoms with Crippen molar-refractivity contribution in [1.29, 1.82) is 0 Å². The fraction of sp³-hybridized carbons (Fsp3) is 0.406. The van der Waals surface area contributed by atoms with Crippen molar-refractivity contribution < 1.29 is 14.3 Å². The second-order valence-corrected chi connectivity index (χ2v) is 10.3. The molecule has 0 radical (unpaired) electrons. The zero-order valence-corrected chi connectivity index (χ0v) is 22.6. The van der Waals surface area contributed by atoms with Crippen LogP contribution >= 0.6 is 0 Å². The van der Waals surface area contributed by atoms with Gasteiger partial charge in [0.05, 0.1) is 20.1 Å². The van der Waals surface area contributed by atoms with Crippen molar-refractivity contribution in [1.82, 2.24) is 15.5 Å². The van der Waals surface area contributed by atoms with Crippen LogP contribution in [0.2, 0.25) is 0 Å². The van der Waals surface area contributed by atoms with Gasteiger partial charge in [0.25, 0.3) is 0 Å². The Kier molecular flexibility index (Phi) is 8.30. The first kappa shape index (κ1) is 26.3. The minimum atomic E-state index is -0.0307. The third kappa shape index (κ3) is 5.29. The minimum Gasteiger partial charge on any atom is -0.497 e. The van der Waals surface area contributed by atoms with Crippen LogP contribution in [-0.2, 0) is 11.3 Å². The van der Waals surface area contributed by atoms with E-state index in [1.54, 1.807) is 14.2 Å². The first-order valence-corrected chi connectivity index (χ1v) is 13.7. The number of carbonyl (C=O) groups is 1. The Morgan fingerprint density at radius 3 is 2.26 bits per heavy atom. The van der Waals surface area contributed by atoms with Gasteiger partial charge >= 0.3 is 0 Å². The number of nitrogens with zero attached hydrogens (tertiary/aromatic N) is 1. The number of amides is 1. The van der Waals surface area contributed by atoms with Gasteiger partial charge in [-0.15, -0.1) is 0 Å². The summed E-state index contributed by atoms with van der Waals surface area (Å²) in [6, 6.07) is 27.9. The molecule has 6 nitrogen and oxygen atoms in total. The molecule has 3 aliphatic heterocycles. The molecule has 2 N–H and O–H groups in total. The molecule has 38 heavy (non-hydrogen) atoms. The van der Waals surface area contributed by atoms with Gasteiger partial charge in [0.1, 0.15) is 11.5 Å². The summed E-state index contributed by atoms with van der Waals surface area (Å²) in [5, 5.41) is 7.04. The van der Waals surface area contributed by atoms with Crippen LogP contribution in [0.5, 0.6) is 11.5 Å². The molecule has 0 aromatic heterocycles. The lowest BCUT2D eigenvalue weighted by molar-refractivity contribution is -0.135. The van der Waals surface area contributed by atoms with E-state index in [0.717, 1.165) is 36.6 Å². The second-order valence-electron chi connectivity index (χ2n) is 10.3. The summed E-state index contributed by atoms with van der Waals surface area (Å²) < 4.78 is 11.2. The standard InChI is InChI=1S/C32H39N3O3/c1-4-33-32(36)27-21-35-18-17-26(27)30(34-20-24-19-25(37-2)15-16-28(24)38-3)31(35)29(22-11-7-5-8-12-22)23-13-9-6-10-14-23/h5-16,19,26-27,29-31,34H,4,17-18,20-21H2,1-3H3,(H,33,36)/t26-,27-,30+,31-/m0/s1. The van der Waals surface area contributed by atoms with E-state index in [-0.39, 0.29) is 35.7 Å². The quantitative estimate of drug-likeness (QED) is 0.420. The number of piperidine rings is 3. The average Bonchev–Trinajstić information content (AvgIpc) is 2.98. The Labute approximate surface area is 226 Å². The molecule has 3 aromatic rings. The monoisotopic (exact) mass is 513 g/mol. The Hall–Kier alpha value is -3.35. The Morgan fingerprint density at radius 2 is 1.66 bits per heavy atom. The Bertz CT molecular complexity index is 1160. The molecule has 0 spiro atoms. The third-order valence-corrected chi connectivity index (χ3v) is 8.31. The predicted molar refractivity (Wildman–Crippen MR) is 151 cm³/mol. The molecule has 3 fully saturated rings. The highest BCUT2D eigenvalue weighted by molar-refractivity contribution is 5.79. The highest BCUT2D eigenvalue weighted by Gasteiger charge is 2.52. The van der Waals surface area contributed by atoms with E-state index >= 15 is 0 Å². The van der Waals surface area contributed by atoms with Gasteiger partial charge in [-0.3, -0.25) is 9.69 Å². The molecule has 3 saturated heterocycles. The van der Waals surface area contributed by atoms with Crippen LogP contribution in [0, 0.1) is 11.8 Å². The molecule has 1 amide bonds. The molecule has 0 aliphatic carbocycles. The highest BCUT2D eigenvalue weighted by atomic mass is 16.5. The maximum Gasteiger partial charge on any atom is 0.224 e. The summed E-state index contributed by atoms with van der Waals surface area (Å²) in [4.78, 5) is 15.8. The van der Waals surface area contributed by atoms with Crippen molar-refractivity contribution in [2.45, 2.75) is 37.9 Å². The van der Waals surface area contributed by atoms with E-state index in [2.05, 4.69) is 76.2 Å². The molecule has 3 aromatic carbocycles. The van der Waals surface area contributed by atoms with E-state index in [4.69, 9.17) is 9.47 Å². The van der Waals surface area contributed by atoms with Crippen LogP contribution in [0.1, 0.15) is 36.0 Å². The number of hydrogen-bond donors (Lipinski definition) is 2. The topological polar surface area (TPSA) is 62.8 Å². The minimum absolute atomic E-state index is 0.0307. The zero-order valence-electron chi connectivity index (χ0n) is 22.6. The van der Waals surface area contributed by atoms with Crippen LogP contribution in [0.4, 0.5) is 0 Å². The second kappa shape index (κ2) is 12.0. The van der Waals surface area contributed by atoms with Crippen molar-refractivity contribution in [3.63, 3.8) is 0 Å². The Morgan fingerprint density at radius 1 is 0.974 bits per heavy atom. The molecule has 3 heterocycles. The van der Waals surface area contributed by atoms with Crippen molar-refractivity contribution in [2.24, 2.45) is 11.8 Å². The highest BCUT2D eigenvalue weighted by Crippen LogP contribution is 2.44. The summed E-state index contributed by atoms with van der Waals surface area (Å²) in [7, 11) is 3.39. The fourth-order valence-corrected chi connectivity index (χ4v) is 6.60. The fourth-order valence-electron chi connectivity index (χ4n) is 6.60. The number of nitrogens with one attached hydrogen (secondary N) is 2. The molecule has 0 saturated carbocycles. The van der Waals surface area contributed by atoms with Gasteiger partial charge in [-0.1, -0.05) is 60.7 Å². The SMILES string of the molecule is CCNC(=O)[C@H]1CN2CC[C@@H]1[C@@H](NCc1cc(OC)ccc1OC)[C@@H]2C(c1ccccc1)c1ccccc1. The first-order chi connectivity index (χ1) is 18.6. The van der Waals surface area contributed by atoms with E-state index < -0.39 is 0 Å². The van der Waals surface area contributed by atoms with Crippen LogP contribution in [-0.4, -0.2) is 56.7 Å².